The normalized spacial score (nSPS) is 10.9. The van der Waals surface area contributed by atoms with Gasteiger partial charge < -0.3 is 4.90 Å². The highest BCUT2D eigenvalue weighted by Gasteiger charge is 2.15. The summed E-state index contributed by atoms with van der Waals surface area (Å²) in [6.45, 7) is 2.96. The fraction of sp³-hybridized carbons (Fsp3) is 0.533. The Bertz CT molecular complexity index is 564. The van der Waals surface area contributed by atoms with Gasteiger partial charge in [-0.3, -0.25) is 0 Å². The van der Waals surface area contributed by atoms with E-state index in [1.807, 2.05) is 31.3 Å². The van der Waals surface area contributed by atoms with Gasteiger partial charge in [0.1, 0.15) is 5.52 Å². The highest BCUT2D eigenvalue weighted by molar-refractivity contribution is 5.87. The van der Waals surface area contributed by atoms with E-state index in [1.54, 1.807) is 4.90 Å². The van der Waals surface area contributed by atoms with E-state index in [1.165, 1.54) is 30.4 Å². The maximum absolute atomic E-state index is 12.3. The second-order valence-corrected chi connectivity index (χ2v) is 5.11. The van der Waals surface area contributed by atoms with E-state index in [2.05, 4.69) is 17.2 Å². The van der Waals surface area contributed by atoms with Gasteiger partial charge >= 0.3 is 6.03 Å². The molecule has 0 spiro atoms. The van der Waals surface area contributed by atoms with Crippen LogP contribution in [0.25, 0.3) is 11.0 Å². The molecule has 108 valence electrons. The van der Waals surface area contributed by atoms with Crippen LogP contribution >= 0.6 is 0 Å². The van der Waals surface area contributed by atoms with Gasteiger partial charge in [0.05, 0.1) is 5.52 Å². The lowest BCUT2D eigenvalue weighted by Crippen LogP contribution is -2.32. The van der Waals surface area contributed by atoms with Crippen molar-refractivity contribution in [1.82, 2.24) is 19.9 Å². The number of carbonyl (C=O) groups excluding carboxylic acids is 1. The molecule has 5 nitrogen and oxygen atoms in total. The zero-order valence-corrected chi connectivity index (χ0v) is 12.2. The molecule has 0 aliphatic carbocycles. The molecule has 20 heavy (non-hydrogen) atoms. The van der Waals surface area contributed by atoms with Crippen molar-refractivity contribution < 1.29 is 4.79 Å². The molecule has 0 aliphatic heterocycles. The molecule has 1 aromatic heterocycles. The Kier molecular flexibility index (Phi) is 5.09. The Hall–Kier alpha value is -1.91. The van der Waals surface area contributed by atoms with E-state index in [9.17, 15) is 4.79 Å². The Morgan fingerprint density at radius 2 is 1.95 bits per heavy atom. The van der Waals surface area contributed by atoms with Crippen molar-refractivity contribution in [2.75, 3.05) is 13.6 Å². The minimum Gasteiger partial charge on any atom is -0.326 e. The van der Waals surface area contributed by atoms with Gasteiger partial charge in [-0.15, -0.1) is 5.10 Å². The molecule has 0 bridgehead atoms. The van der Waals surface area contributed by atoms with E-state index in [0.29, 0.717) is 0 Å². The lowest BCUT2D eigenvalue weighted by molar-refractivity contribution is 0.206. The van der Waals surface area contributed by atoms with Crippen LogP contribution in [0, 0.1) is 0 Å². The van der Waals surface area contributed by atoms with Gasteiger partial charge in [0, 0.05) is 13.6 Å². The zero-order valence-electron chi connectivity index (χ0n) is 12.2. The molecule has 0 fully saturated rings. The molecule has 0 unspecified atom stereocenters. The monoisotopic (exact) mass is 274 g/mol. The number of nitrogens with zero attached hydrogens (tertiary/aromatic N) is 4. The zero-order chi connectivity index (χ0) is 14.4. The first kappa shape index (κ1) is 14.5. The van der Waals surface area contributed by atoms with Crippen LogP contribution in [0.1, 0.15) is 39.0 Å². The fourth-order valence-electron chi connectivity index (χ4n) is 2.22. The molecule has 0 N–H and O–H groups in total. The summed E-state index contributed by atoms with van der Waals surface area (Å²) >= 11 is 0. The lowest BCUT2D eigenvalue weighted by atomic mass is 10.1. The van der Waals surface area contributed by atoms with Crippen molar-refractivity contribution in [2.24, 2.45) is 0 Å². The Morgan fingerprint density at radius 3 is 2.75 bits per heavy atom. The fourth-order valence-corrected chi connectivity index (χ4v) is 2.22. The predicted octanol–water partition coefficient (Wildman–Crippen LogP) is 3.30. The third kappa shape index (κ3) is 3.35. The van der Waals surface area contributed by atoms with Crippen molar-refractivity contribution >= 4 is 17.1 Å². The molecule has 5 heteroatoms. The van der Waals surface area contributed by atoms with Gasteiger partial charge in [-0.05, 0) is 18.6 Å². The maximum atomic E-state index is 12.3. The Balaban J connectivity index is 1.93. The summed E-state index contributed by atoms with van der Waals surface area (Å²) in [4.78, 5) is 14.0. The highest BCUT2D eigenvalue weighted by atomic mass is 16.2. The Labute approximate surface area is 119 Å². The number of unbranched alkanes of at least 4 members (excludes halogenated alkanes) is 4. The van der Waals surface area contributed by atoms with Gasteiger partial charge in [-0.2, -0.15) is 4.68 Å². The number of amides is 1. The second kappa shape index (κ2) is 7.03. The van der Waals surface area contributed by atoms with Crippen LogP contribution < -0.4 is 0 Å². The molecular weight excluding hydrogens is 252 g/mol. The van der Waals surface area contributed by atoms with Crippen molar-refractivity contribution in [1.29, 1.82) is 0 Å². The standard InChI is InChI=1S/C15H22N4O/c1-3-4-5-6-9-12-18(2)15(20)19-14-11-8-7-10-13(14)16-17-19/h7-8,10-11H,3-6,9,12H2,1-2H3. The van der Waals surface area contributed by atoms with Crippen LogP contribution in [0.3, 0.4) is 0 Å². The molecule has 0 atom stereocenters. The van der Waals surface area contributed by atoms with Crippen molar-refractivity contribution in [3.05, 3.63) is 24.3 Å². The average Bonchev–Trinajstić information content (AvgIpc) is 2.90. The van der Waals surface area contributed by atoms with E-state index < -0.39 is 0 Å². The molecule has 0 saturated heterocycles. The van der Waals surface area contributed by atoms with Crippen molar-refractivity contribution in [3.63, 3.8) is 0 Å². The Morgan fingerprint density at radius 1 is 1.20 bits per heavy atom. The van der Waals surface area contributed by atoms with E-state index in [-0.39, 0.29) is 6.03 Å². The predicted molar refractivity (Wildman–Crippen MR) is 79.7 cm³/mol. The van der Waals surface area contributed by atoms with E-state index in [0.717, 1.165) is 24.0 Å². The number of hydrogen-bond donors (Lipinski definition) is 0. The molecule has 0 aliphatic rings. The van der Waals surface area contributed by atoms with Crippen LogP contribution in [0.2, 0.25) is 0 Å². The van der Waals surface area contributed by atoms with Crippen LogP contribution in [0.4, 0.5) is 4.79 Å². The molecule has 1 aromatic carbocycles. The second-order valence-electron chi connectivity index (χ2n) is 5.11. The van der Waals surface area contributed by atoms with Gasteiger partial charge in [0.2, 0.25) is 0 Å². The molecule has 2 rings (SSSR count). The number of benzene rings is 1. The summed E-state index contributed by atoms with van der Waals surface area (Å²) in [5.74, 6) is 0. The summed E-state index contributed by atoms with van der Waals surface area (Å²) in [7, 11) is 1.82. The first-order valence-electron chi connectivity index (χ1n) is 7.30. The molecule has 2 aromatic rings. The lowest BCUT2D eigenvalue weighted by Gasteiger charge is -2.16. The first-order chi connectivity index (χ1) is 9.74. The third-order valence-corrected chi connectivity index (χ3v) is 3.46. The number of rotatable bonds is 6. The van der Waals surface area contributed by atoms with Gasteiger partial charge in [-0.25, -0.2) is 4.79 Å². The van der Waals surface area contributed by atoms with Gasteiger partial charge in [0.25, 0.3) is 0 Å². The average molecular weight is 274 g/mol. The SMILES string of the molecule is CCCCCCCN(C)C(=O)n1nnc2ccccc21. The van der Waals surface area contributed by atoms with Crippen LogP contribution in [-0.2, 0) is 0 Å². The third-order valence-electron chi connectivity index (χ3n) is 3.46. The van der Waals surface area contributed by atoms with Crippen LogP contribution in [-0.4, -0.2) is 39.5 Å². The molecule has 1 heterocycles. The topological polar surface area (TPSA) is 51.0 Å². The summed E-state index contributed by atoms with van der Waals surface area (Å²) in [6.07, 6.45) is 5.95. The molecular formula is C15H22N4O. The van der Waals surface area contributed by atoms with E-state index >= 15 is 0 Å². The number of para-hydroxylation sites is 1. The van der Waals surface area contributed by atoms with Crippen molar-refractivity contribution in [3.8, 4) is 0 Å². The van der Waals surface area contributed by atoms with Crippen LogP contribution in [0.5, 0.6) is 0 Å². The van der Waals surface area contributed by atoms with Crippen LogP contribution in [0.15, 0.2) is 24.3 Å². The summed E-state index contributed by atoms with van der Waals surface area (Å²) < 4.78 is 1.38. The first-order valence-corrected chi connectivity index (χ1v) is 7.30. The molecule has 0 radical (unpaired) electrons. The van der Waals surface area contributed by atoms with Crippen molar-refractivity contribution in [2.45, 2.75) is 39.0 Å². The summed E-state index contributed by atoms with van der Waals surface area (Å²) in [5, 5.41) is 7.96. The summed E-state index contributed by atoms with van der Waals surface area (Å²) in [5.41, 5.74) is 1.51. The van der Waals surface area contributed by atoms with Gasteiger partial charge in [0.15, 0.2) is 0 Å². The number of hydrogen-bond acceptors (Lipinski definition) is 3. The minimum atomic E-state index is -0.116. The number of aromatic nitrogens is 3. The van der Waals surface area contributed by atoms with Gasteiger partial charge in [-0.1, -0.05) is 50.0 Å². The molecule has 0 saturated carbocycles. The quantitative estimate of drug-likeness (QED) is 0.759. The maximum Gasteiger partial charge on any atom is 0.346 e. The number of fused-ring (bicyclic) bond motifs is 1. The smallest absolute Gasteiger partial charge is 0.326 e. The van der Waals surface area contributed by atoms with E-state index in [4.69, 9.17) is 0 Å². The largest absolute Gasteiger partial charge is 0.346 e. The molecule has 1 amide bonds. The highest BCUT2D eigenvalue weighted by Crippen LogP contribution is 2.11. The number of carbonyl (C=O) groups is 1. The summed E-state index contributed by atoms with van der Waals surface area (Å²) in [6, 6.07) is 7.39. The minimum absolute atomic E-state index is 0.116.